The molecule has 296 valence electrons. The lowest BCUT2D eigenvalue weighted by Gasteiger charge is -2.18. The first-order valence-electron chi connectivity index (χ1n) is 17.0. The van der Waals surface area contributed by atoms with Crippen molar-refractivity contribution in [3.8, 4) is 11.8 Å². The number of hydrogen-bond donors (Lipinski definition) is 3. The number of nitrogens with one attached hydrogen (secondary N) is 2. The quantitative estimate of drug-likeness (QED) is 0.0444. The molecule has 1 rings (SSSR count). The maximum Gasteiger partial charge on any atom is 0.246 e. The number of sulfone groups is 1. The fourth-order valence-electron chi connectivity index (χ4n) is 3.83. The van der Waals surface area contributed by atoms with Gasteiger partial charge in [-0.25, -0.2) is 18.4 Å². The van der Waals surface area contributed by atoms with Gasteiger partial charge in [-0.1, -0.05) is 11.8 Å². The first-order valence-corrected chi connectivity index (χ1v) is 18.9. The highest BCUT2D eigenvalue weighted by molar-refractivity contribution is 7.90. The molecule has 0 saturated carbocycles. The normalized spacial score (nSPS) is 11.8. The summed E-state index contributed by atoms with van der Waals surface area (Å²) in [5, 5.41) is 5.04. The van der Waals surface area contributed by atoms with Gasteiger partial charge in [-0.05, 0) is 12.8 Å². The third kappa shape index (κ3) is 27.3. The average molecular weight is 762 g/mol. The number of ether oxygens (including phenoxy) is 8. The molecule has 0 radical (unpaired) electrons. The molecule has 0 spiro atoms. The zero-order valence-corrected chi connectivity index (χ0v) is 31.1. The lowest BCUT2D eigenvalue weighted by molar-refractivity contribution is -0.129. The van der Waals surface area contributed by atoms with Crippen molar-refractivity contribution in [2.45, 2.75) is 43.3 Å². The Bertz CT molecular complexity index is 1280. The summed E-state index contributed by atoms with van der Waals surface area (Å²) < 4.78 is 65.7. The van der Waals surface area contributed by atoms with Gasteiger partial charge in [0.2, 0.25) is 32.7 Å². The zero-order valence-electron chi connectivity index (χ0n) is 30.3. The van der Waals surface area contributed by atoms with E-state index in [1.54, 1.807) is 7.11 Å². The van der Waals surface area contributed by atoms with Crippen molar-refractivity contribution < 1.29 is 60.7 Å². The monoisotopic (exact) mass is 761 g/mol. The van der Waals surface area contributed by atoms with E-state index in [1.807, 2.05) is 0 Å². The number of amides is 3. The molecule has 0 aliphatic rings. The lowest BCUT2D eigenvalue weighted by Crippen LogP contribution is -2.47. The number of hydrogen-bond acceptors (Lipinski definition) is 15. The van der Waals surface area contributed by atoms with Gasteiger partial charge in [-0.2, -0.15) is 0 Å². The number of primary amides is 1. The van der Waals surface area contributed by atoms with E-state index >= 15 is 0 Å². The molecular formula is C33H55N5O13S. The molecule has 0 aliphatic heterocycles. The van der Waals surface area contributed by atoms with Crippen LogP contribution in [0.3, 0.4) is 0 Å². The highest BCUT2D eigenvalue weighted by atomic mass is 32.2. The molecule has 19 heteroatoms. The predicted molar refractivity (Wildman–Crippen MR) is 187 cm³/mol. The van der Waals surface area contributed by atoms with E-state index < -0.39 is 27.7 Å². The molecule has 52 heavy (non-hydrogen) atoms. The largest absolute Gasteiger partial charge is 0.382 e. The standard InChI is InChI=1S/C33H55N5O13S/c1-44-12-13-46-16-17-48-20-21-50-24-25-51-23-22-49-19-18-47-15-14-45-11-10-35-32(41)29(8-9-30(34)39)38-31(40)7-5-3-4-6-28-26-36-33(37-27-28)52(2,42)43/h26-27,29H,3,5,7-25H2,1-2H3,(H2,34,39)(H,35,41)(H,38,40). The van der Waals surface area contributed by atoms with Crippen LogP contribution in [0.1, 0.15) is 37.7 Å². The number of nitrogens with zero attached hydrogens (tertiary/aromatic N) is 2. The van der Waals surface area contributed by atoms with Crippen LogP contribution in [0.15, 0.2) is 17.6 Å². The molecule has 1 heterocycles. The van der Waals surface area contributed by atoms with Crippen molar-refractivity contribution in [3.63, 3.8) is 0 Å². The van der Waals surface area contributed by atoms with Gasteiger partial charge in [0.1, 0.15) is 6.04 Å². The van der Waals surface area contributed by atoms with Gasteiger partial charge in [0.25, 0.3) is 0 Å². The second-order valence-corrected chi connectivity index (χ2v) is 12.8. The van der Waals surface area contributed by atoms with Crippen LogP contribution in [0.25, 0.3) is 0 Å². The molecule has 1 aromatic heterocycles. The maximum atomic E-state index is 12.7. The topological polar surface area (TPSA) is 235 Å². The van der Waals surface area contributed by atoms with Gasteiger partial charge in [-0.3, -0.25) is 14.4 Å². The van der Waals surface area contributed by atoms with E-state index in [4.69, 9.17) is 43.6 Å². The molecule has 4 N–H and O–H groups in total. The number of carbonyl (C=O) groups excluding carboxylic acids is 3. The van der Waals surface area contributed by atoms with E-state index in [-0.39, 0.29) is 43.5 Å². The molecule has 1 atom stereocenters. The number of unbranched alkanes of at least 4 members (excludes halogenated alkanes) is 1. The minimum absolute atomic E-state index is 0.0525. The molecule has 0 aromatic carbocycles. The Morgan fingerprint density at radius 1 is 0.750 bits per heavy atom. The fourth-order valence-corrected chi connectivity index (χ4v) is 4.32. The van der Waals surface area contributed by atoms with Gasteiger partial charge in [-0.15, -0.1) is 0 Å². The maximum absolute atomic E-state index is 12.7. The highest BCUT2D eigenvalue weighted by Gasteiger charge is 2.21. The SMILES string of the molecule is COCCOCCOCCOCCOCCOCCOCCOCCNC(=O)C(CCC(N)=O)NC(=O)CCCC#Cc1cnc(S(C)(=O)=O)nc1. The number of carbonyl (C=O) groups is 3. The third-order valence-electron chi connectivity index (χ3n) is 6.44. The lowest BCUT2D eigenvalue weighted by atomic mass is 10.1. The summed E-state index contributed by atoms with van der Waals surface area (Å²) in [5.41, 5.74) is 5.67. The van der Waals surface area contributed by atoms with Gasteiger partial charge in [0, 0.05) is 51.6 Å². The minimum Gasteiger partial charge on any atom is -0.382 e. The predicted octanol–water partition coefficient (Wildman–Crippen LogP) is -0.969. The zero-order chi connectivity index (χ0) is 38.1. The summed E-state index contributed by atoms with van der Waals surface area (Å²) in [6.45, 7) is 6.84. The Kier molecular flexibility index (Phi) is 28.0. The second-order valence-electron chi connectivity index (χ2n) is 10.9. The Labute approximate surface area is 306 Å². The van der Waals surface area contributed by atoms with Crippen LogP contribution < -0.4 is 16.4 Å². The van der Waals surface area contributed by atoms with E-state index in [2.05, 4.69) is 32.4 Å². The molecule has 0 bridgehead atoms. The fraction of sp³-hybridized carbons (Fsp3) is 0.727. The van der Waals surface area contributed by atoms with Crippen LogP contribution in [0, 0.1) is 11.8 Å². The first-order chi connectivity index (χ1) is 25.1. The van der Waals surface area contributed by atoms with Crippen molar-refractivity contribution in [1.82, 2.24) is 20.6 Å². The Morgan fingerprint density at radius 3 is 1.65 bits per heavy atom. The summed E-state index contributed by atoms with van der Waals surface area (Å²) in [7, 11) is -1.87. The molecule has 1 aromatic rings. The third-order valence-corrected chi connectivity index (χ3v) is 7.31. The smallest absolute Gasteiger partial charge is 0.246 e. The number of nitrogens with two attached hydrogens (primary N) is 1. The summed E-state index contributed by atoms with van der Waals surface area (Å²) in [5.74, 6) is 4.25. The minimum atomic E-state index is -3.50. The van der Waals surface area contributed by atoms with Gasteiger partial charge in [0.05, 0.1) is 105 Å². The van der Waals surface area contributed by atoms with Crippen LogP contribution in [0.2, 0.25) is 0 Å². The molecule has 1 unspecified atom stereocenters. The molecule has 0 saturated heterocycles. The first kappa shape index (κ1) is 46.7. The Balaban J connectivity index is 2.05. The van der Waals surface area contributed by atoms with Crippen molar-refractivity contribution >= 4 is 27.6 Å². The van der Waals surface area contributed by atoms with Crippen molar-refractivity contribution in [2.75, 3.05) is 119 Å². The Morgan fingerprint density at radius 2 is 1.21 bits per heavy atom. The number of aromatic nitrogens is 2. The molecular weight excluding hydrogens is 706 g/mol. The average Bonchev–Trinajstić information content (AvgIpc) is 3.11. The summed E-state index contributed by atoms with van der Waals surface area (Å²) in [6.07, 6.45) is 4.48. The molecule has 0 aliphatic carbocycles. The van der Waals surface area contributed by atoms with Gasteiger partial charge >= 0.3 is 0 Å². The Hall–Kier alpha value is -3.32. The summed E-state index contributed by atoms with van der Waals surface area (Å²) >= 11 is 0. The van der Waals surface area contributed by atoms with Crippen molar-refractivity contribution in [2.24, 2.45) is 5.73 Å². The van der Waals surface area contributed by atoms with E-state index in [0.717, 1.165) is 6.26 Å². The van der Waals surface area contributed by atoms with Gasteiger partial charge in [0.15, 0.2) is 0 Å². The molecule has 3 amide bonds. The van der Waals surface area contributed by atoms with E-state index in [9.17, 15) is 22.8 Å². The molecule has 18 nitrogen and oxygen atoms in total. The van der Waals surface area contributed by atoms with Crippen LogP contribution in [-0.2, 0) is 62.1 Å². The van der Waals surface area contributed by atoms with E-state index in [1.165, 1.54) is 12.4 Å². The van der Waals surface area contributed by atoms with Crippen molar-refractivity contribution in [1.29, 1.82) is 0 Å². The van der Waals surface area contributed by atoms with Gasteiger partial charge < -0.3 is 54.3 Å². The second kappa shape index (κ2) is 31.2. The highest BCUT2D eigenvalue weighted by Crippen LogP contribution is 2.03. The summed E-state index contributed by atoms with van der Waals surface area (Å²) in [4.78, 5) is 43.9. The number of rotatable bonds is 33. The van der Waals surface area contributed by atoms with Crippen LogP contribution >= 0.6 is 0 Å². The summed E-state index contributed by atoms with van der Waals surface area (Å²) in [6, 6.07) is -0.938. The van der Waals surface area contributed by atoms with E-state index in [0.29, 0.717) is 111 Å². The molecule has 0 fully saturated rings. The van der Waals surface area contributed by atoms with Crippen LogP contribution in [0.5, 0.6) is 0 Å². The van der Waals surface area contributed by atoms with Crippen molar-refractivity contribution in [3.05, 3.63) is 18.0 Å². The van der Waals surface area contributed by atoms with Crippen LogP contribution in [0.4, 0.5) is 0 Å². The van der Waals surface area contributed by atoms with Crippen LogP contribution in [-0.4, -0.2) is 161 Å². The number of methoxy groups -OCH3 is 1.